The largest absolute Gasteiger partial charge is 0.478 e. The molecule has 0 aromatic heterocycles. The van der Waals surface area contributed by atoms with Crippen LogP contribution in [0.5, 0.6) is 0 Å². The Labute approximate surface area is 114 Å². The maximum absolute atomic E-state index is 11.3. The summed E-state index contributed by atoms with van der Waals surface area (Å²) >= 11 is 0. The number of nitrogens with one attached hydrogen (secondary N) is 1. The summed E-state index contributed by atoms with van der Waals surface area (Å²) in [5.41, 5.74) is 6.93. The molecule has 0 fully saturated rings. The molecule has 1 atom stereocenters. The summed E-state index contributed by atoms with van der Waals surface area (Å²) in [5.74, 6) is -1.18. The van der Waals surface area contributed by atoms with E-state index in [0.717, 1.165) is 16.8 Å². The van der Waals surface area contributed by atoms with Crippen molar-refractivity contribution in [2.45, 2.75) is 18.4 Å². The van der Waals surface area contributed by atoms with Gasteiger partial charge in [-0.25, -0.2) is 4.79 Å². The molecule has 0 aliphatic carbocycles. The number of carbonyl (C=O) groups is 2. The van der Waals surface area contributed by atoms with E-state index in [2.05, 4.69) is 10.5 Å². The minimum atomic E-state index is -1.48. The maximum Gasteiger partial charge on any atom is 0.352 e. The summed E-state index contributed by atoms with van der Waals surface area (Å²) in [6.07, 6.45) is 0.428. The van der Waals surface area contributed by atoms with Crippen molar-refractivity contribution in [1.29, 1.82) is 0 Å². The highest BCUT2D eigenvalue weighted by Crippen LogP contribution is 2.29. The molecule has 1 aromatic carbocycles. The van der Waals surface area contributed by atoms with Gasteiger partial charge in [0.2, 0.25) is 5.91 Å². The summed E-state index contributed by atoms with van der Waals surface area (Å²) < 4.78 is 0. The first-order valence-corrected chi connectivity index (χ1v) is 6.16. The van der Waals surface area contributed by atoms with Gasteiger partial charge in [0.05, 0.1) is 12.1 Å². The second-order valence-electron chi connectivity index (χ2n) is 4.91. The smallest absolute Gasteiger partial charge is 0.352 e. The predicted octanol–water partition coefficient (Wildman–Crippen LogP) is 0.0877. The van der Waals surface area contributed by atoms with Crippen molar-refractivity contribution >= 4 is 23.3 Å². The zero-order chi connectivity index (χ0) is 14.3. The number of oxime groups is 1. The lowest BCUT2D eigenvalue weighted by Gasteiger charge is -2.18. The number of nitrogens with zero attached hydrogens (tertiary/aromatic N) is 1. The number of carboxylic acid groups (broad SMARTS) is 1. The van der Waals surface area contributed by atoms with E-state index in [-0.39, 0.29) is 18.9 Å². The fraction of sp³-hybridized carbons (Fsp3) is 0.308. The fourth-order valence-corrected chi connectivity index (χ4v) is 2.35. The van der Waals surface area contributed by atoms with E-state index in [4.69, 9.17) is 10.6 Å². The van der Waals surface area contributed by atoms with E-state index < -0.39 is 11.6 Å². The number of hydrogen-bond donors (Lipinski definition) is 3. The quantitative estimate of drug-likeness (QED) is 0.723. The topological polar surface area (TPSA) is 114 Å². The summed E-state index contributed by atoms with van der Waals surface area (Å²) in [7, 11) is 0. The van der Waals surface area contributed by atoms with E-state index in [1.807, 2.05) is 6.07 Å². The van der Waals surface area contributed by atoms with E-state index in [1.54, 1.807) is 12.1 Å². The lowest BCUT2D eigenvalue weighted by molar-refractivity contribution is -0.161. The first-order chi connectivity index (χ1) is 9.54. The number of nitrogens with two attached hydrogens (primary N) is 1. The molecule has 0 bridgehead atoms. The van der Waals surface area contributed by atoms with Crippen molar-refractivity contribution in [3.8, 4) is 0 Å². The summed E-state index contributed by atoms with van der Waals surface area (Å²) in [6, 6.07) is 5.38. The average molecular weight is 275 g/mol. The van der Waals surface area contributed by atoms with Crippen molar-refractivity contribution in [2.75, 3.05) is 11.9 Å². The highest BCUT2D eigenvalue weighted by Gasteiger charge is 2.46. The number of carbonyl (C=O) groups excluding carboxylic acids is 1. The maximum atomic E-state index is 11.3. The van der Waals surface area contributed by atoms with Gasteiger partial charge in [-0.05, 0) is 23.3 Å². The standard InChI is InChI=1S/C13H13N3O4/c14-6-13(12(18)19)5-10(16-20-13)7-1-2-9-8(3-7)4-11(17)15-9/h1-3H,4-6,14H2,(H,15,17)(H,18,19). The van der Waals surface area contributed by atoms with Crippen molar-refractivity contribution < 1.29 is 19.5 Å². The molecule has 0 radical (unpaired) electrons. The third-order valence-corrected chi connectivity index (χ3v) is 3.57. The van der Waals surface area contributed by atoms with Gasteiger partial charge in [0, 0.05) is 18.7 Å². The highest BCUT2D eigenvalue weighted by molar-refractivity contribution is 6.06. The van der Waals surface area contributed by atoms with E-state index >= 15 is 0 Å². The van der Waals surface area contributed by atoms with E-state index in [0.29, 0.717) is 12.1 Å². The fourth-order valence-electron chi connectivity index (χ4n) is 2.35. The number of fused-ring (bicyclic) bond motifs is 1. The Morgan fingerprint density at radius 2 is 2.35 bits per heavy atom. The number of benzene rings is 1. The lowest BCUT2D eigenvalue weighted by Crippen LogP contribution is -2.45. The SMILES string of the molecule is NCC1(C(=O)O)CC(c2ccc3c(c2)CC(=O)N3)=NO1. The predicted molar refractivity (Wildman–Crippen MR) is 70.4 cm³/mol. The Morgan fingerprint density at radius 3 is 3.00 bits per heavy atom. The highest BCUT2D eigenvalue weighted by atomic mass is 16.7. The number of aliphatic carboxylic acids is 1. The van der Waals surface area contributed by atoms with Crippen LogP contribution in [0.25, 0.3) is 0 Å². The van der Waals surface area contributed by atoms with Gasteiger partial charge in [-0.15, -0.1) is 0 Å². The second-order valence-corrected chi connectivity index (χ2v) is 4.91. The lowest BCUT2D eigenvalue weighted by atomic mass is 9.93. The first kappa shape index (κ1) is 12.6. The zero-order valence-electron chi connectivity index (χ0n) is 10.5. The minimum absolute atomic E-state index is 0.0522. The molecular weight excluding hydrogens is 262 g/mol. The van der Waals surface area contributed by atoms with Crippen LogP contribution >= 0.6 is 0 Å². The van der Waals surface area contributed by atoms with Crippen LogP contribution in [0, 0.1) is 0 Å². The molecule has 20 heavy (non-hydrogen) atoms. The van der Waals surface area contributed by atoms with Gasteiger partial charge in [0.25, 0.3) is 5.60 Å². The second kappa shape index (κ2) is 4.31. The van der Waals surface area contributed by atoms with Crippen LogP contribution in [0.15, 0.2) is 23.4 Å². The molecule has 1 unspecified atom stereocenters. The molecule has 0 spiro atoms. The van der Waals surface area contributed by atoms with Crippen LogP contribution in [0.2, 0.25) is 0 Å². The van der Waals surface area contributed by atoms with Gasteiger partial charge in [0.1, 0.15) is 0 Å². The molecule has 0 saturated heterocycles. The zero-order valence-corrected chi connectivity index (χ0v) is 10.5. The normalized spacial score (nSPS) is 23.9. The molecule has 1 aromatic rings. The Kier molecular flexibility index (Phi) is 2.72. The monoisotopic (exact) mass is 275 g/mol. The molecule has 2 heterocycles. The number of amides is 1. The summed E-state index contributed by atoms with van der Waals surface area (Å²) in [6.45, 7) is -0.152. The number of rotatable bonds is 3. The van der Waals surface area contributed by atoms with Gasteiger partial charge in [0.15, 0.2) is 0 Å². The van der Waals surface area contributed by atoms with E-state index in [9.17, 15) is 14.7 Å². The van der Waals surface area contributed by atoms with Crippen molar-refractivity contribution in [1.82, 2.24) is 0 Å². The molecule has 4 N–H and O–H groups in total. The number of anilines is 1. The van der Waals surface area contributed by atoms with Gasteiger partial charge in [-0.2, -0.15) is 0 Å². The van der Waals surface area contributed by atoms with Gasteiger partial charge < -0.3 is 21.0 Å². The Balaban J connectivity index is 1.87. The van der Waals surface area contributed by atoms with Crippen LogP contribution in [0.4, 0.5) is 5.69 Å². The van der Waals surface area contributed by atoms with Crippen molar-refractivity contribution in [3.63, 3.8) is 0 Å². The van der Waals surface area contributed by atoms with Crippen LogP contribution in [0.1, 0.15) is 17.5 Å². The molecule has 104 valence electrons. The van der Waals surface area contributed by atoms with Crippen molar-refractivity contribution in [3.05, 3.63) is 29.3 Å². The first-order valence-electron chi connectivity index (χ1n) is 6.16. The number of carboxylic acids is 1. The van der Waals surface area contributed by atoms with Crippen LogP contribution in [-0.4, -0.2) is 34.8 Å². The van der Waals surface area contributed by atoms with Gasteiger partial charge >= 0.3 is 5.97 Å². The Morgan fingerprint density at radius 1 is 1.55 bits per heavy atom. The summed E-state index contributed by atoms with van der Waals surface area (Å²) in [4.78, 5) is 27.6. The minimum Gasteiger partial charge on any atom is -0.478 e. The van der Waals surface area contributed by atoms with E-state index in [1.165, 1.54) is 0 Å². The summed E-state index contributed by atoms with van der Waals surface area (Å²) in [5, 5.41) is 15.8. The van der Waals surface area contributed by atoms with Crippen LogP contribution in [0.3, 0.4) is 0 Å². The molecule has 0 saturated carbocycles. The third-order valence-electron chi connectivity index (χ3n) is 3.57. The van der Waals surface area contributed by atoms with Crippen molar-refractivity contribution in [2.24, 2.45) is 10.9 Å². The van der Waals surface area contributed by atoms with Crippen LogP contribution in [-0.2, 0) is 20.8 Å². The molecule has 7 heteroatoms. The molecule has 2 aliphatic rings. The van der Waals surface area contributed by atoms with Gasteiger partial charge in [-0.3, -0.25) is 4.79 Å². The Bertz CT molecular complexity index is 641. The molecule has 1 amide bonds. The molecule has 3 rings (SSSR count). The van der Waals surface area contributed by atoms with Gasteiger partial charge in [-0.1, -0.05) is 11.2 Å². The third kappa shape index (κ3) is 1.83. The van der Waals surface area contributed by atoms with Crippen LogP contribution < -0.4 is 11.1 Å². The number of hydrogen-bond acceptors (Lipinski definition) is 5. The average Bonchev–Trinajstić information content (AvgIpc) is 3.00. The molecule has 2 aliphatic heterocycles. The molecular formula is C13H13N3O4. The molecule has 7 nitrogen and oxygen atoms in total. The Hall–Kier alpha value is -2.41.